The van der Waals surface area contributed by atoms with Crippen molar-refractivity contribution in [1.29, 1.82) is 0 Å². The van der Waals surface area contributed by atoms with Crippen LogP contribution in [0.5, 0.6) is 0 Å². The average Bonchev–Trinajstić information content (AvgIpc) is 3.34. The summed E-state index contributed by atoms with van der Waals surface area (Å²) in [6, 6.07) is 4.02. The molecule has 0 radical (unpaired) electrons. The van der Waals surface area contributed by atoms with E-state index < -0.39 is 0 Å². The highest BCUT2D eigenvalue weighted by atomic mass is 16.2. The number of piperidine rings is 1. The molecular weight excluding hydrogens is 354 g/mol. The Morgan fingerprint density at radius 1 is 1.25 bits per heavy atom. The molecule has 0 spiro atoms. The van der Waals surface area contributed by atoms with Gasteiger partial charge in [0.2, 0.25) is 11.8 Å². The minimum atomic E-state index is -0.170. The van der Waals surface area contributed by atoms with E-state index >= 15 is 0 Å². The predicted molar refractivity (Wildman–Crippen MR) is 104 cm³/mol. The van der Waals surface area contributed by atoms with Crippen LogP contribution in [0, 0.1) is 5.92 Å². The summed E-state index contributed by atoms with van der Waals surface area (Å²) < 4.78 is 2.19. The minimum absolute atomic E-state index is 0.105. The van der Waals surface area contributed by atoms with E-state index in [1.165, 1.54) is 0 Å². The minimum Gasteiger partial charge on any atom is -0.342 e. The van der Waals surface area contributed by atoms with Crippen LogP contribution in [0.1, 0.15) is 43.5 Å². The highest BCUT2D eigenvalue weighted by Crippen LogP contribution is 2.29. The van der Waals surface area contributed by atoms with Crippen molar-refractivity contribution in [3.8, 4) is 0 Å². The number of pyridine rings is 1. The highest BCUT2D eigenvalue weighted by Gasteiger charge is 2.37. The predicted octanol–water partition coefficient (Wildman–Crippen LogP) is 1.90. The van der Waals surface area contributed by atoms with E-state index in [-0.39, 0.29) is 17.7 Å². The molecule has 0 bridgehead atoms. The summed E-state index contributed by atoms with van der Waals surface area (Å²) in [5.74, 6) is 1.52. The lowest BCUT2D eigenvalue weighted by molar-refractivity contribution is -0.136. The standard InChI is InChI=1S/C21H27N5O2/c1-2-24-15-18(12-19(24)27)21(28)25-9-5-17(6-10-25)20-23-8-11-26(20)14-16-4-3-7-22-13-16/h3-4,7-8,11,13,17-18H,2,5-6,9-10,12,14-15H2,1H3/t18-/m1/s1. The number of aromatic nitrogens is 3. The van der Waals surface area contributed by atoms with Crippen molar-refractivity contribution < 1.29 is 9.59 Å². The molecule has 2 aliphatic heterocycles. The molecule has 2 aliphatic rings. The monoisotopic (exact) mass is 381 g/mol. The molecule has 2 aromatic rings. The third-order valence-electron chi connectivity index (χ3n) is 5.94. The van der Waals surface area contributed by atoms with Crippen molar-refractivity contribution in [2.45, 2.75) is 38.6 Å². The number of carbonyl (C=O) groups excluding carboxylic acids is 2. The fourth-order valence-electron chi connectivity index (χ4n) is 4.36. The van der Waals surface area contributed by atoms with E-state index in [1.807, 2.05) is 36.5 Å². The molecule has 0 N–H and O–H groups in total. The number of amides is 2. The smallest absolute Gasteiger partial charge is 0.227 e. The fourth-order valence-corrected chi connectivity index (χ4v) is 4.36. The summed E-state index contributed by atoms with van der Waals surface area (Å²) >= 11 is 0. The van der Waals surface area contributed by atoms with Crippen LogP contribution in [0.4, 0.5) is 0 Å². The molecule has 7 nitrogen and oxygen atoms in total. The lowest BCUT2D eigenvalue weighted by Crippen LogP contribution is -2.42. The van der Waals surface area contributed by atoms with Gasteiger partial charge >= 0.3 is 0 Å². The van der Waals surface area contributed by atoms with Crippen molar-refractivity contribution in [2.24, 2.45) is 5.92 Å². The lowest BCUT2D eigenvalue weighted by atomic mass is 9.94. The first-order valence-corrected chi connectivity index (χ1v) is 10.1. The molecule has 1 atom stereocenters. The van der Waals surface area contributed by atoms with Crippen molar-refractivity contribution >= 4 is 11.8 Å². The number of hydrogen-bond acceptors (Lipinski definition) is 4. The average molecular weight is 381 g/mol. The molecule has 28 heavy (non-hydrogen) atoms. The molecule has 7 heteroatoms. The first-order chi connectivity index (χ1) is 13.7. The summed E-state index contributed by atoms with van der Waals surface area (Å²) in [6.45, 7) is 5.46. The normalized spacial score (nSPS) is 20.8. The molecule has 4 rings (SSSR count). The number of carbonyl (C=O) groups is 2. The summed E-state index contributed by atoms with van der Waals surface area (Å²) in [7, 11) is 0. The van der Waals surface area contributed by atoms with Crippen LogP contribution in [-0.2, 0) is 16.1 Å². The van der Waals surface area contributed by atoms with E-state index in [9.17, 15) is 9.59 Å². The Bertz CT molecular complexity index is 826. The molecule has 2 aromatic heterocycles. The first kappa shape index (κ1) is 18.7. The molecule has 2 amide bonds. The van der Waals surface area contributed by atoms with Gasteiger partial charge in [-0.25, -0.2) is 4.98 Å². The molecule has 148 valence electrons. The van der Waals surface area contributed by atoms with Crippen LogP contribution in [-0.4, -0.2) is 62.3 Å². The molecule has 2 saturated heterocycles. The van der Waals surface area contributed by atoms with E-state index in [4.69, 9.17) is 0 Å². The second-order valence-corrected chi connectivity index (χ2v) is 7.71. The molecule has 0 unspecified atom stereocenters. The quantitative estimate of drug-likeness (QED) is 0.793. The zero-order chi connectivity index (χ0) is 19.5. The third-order valence-corrected chi connectivity index (χ3v) is 5.94. The second-order valence-electron chi connectivity index (χ2n) is 7.71. The Kier molecular flexibility index (Phi) is 5.41. The lowest BCUT2D eigenvalue weighted by Gasteiger charge is -2.33. The maximum absolute atomic E-state index is 12.8. The van der Waals surface area contributed by atoms with Gasteiger partial charge < -0.3 is 14.4 Å². The first-order valence-electron chi connectivity index (χ1n) is 10.1. The van der Waals surface area contributed by atoms with E-state index in [0.717, 1.165) is 43.9 Å². The maximum Gasteiger partial charge on any atom is 0.227 e. The largest absolute Gasteiger partial charge is 0.342 e. The van der Waals surface area contributed by atoms with Crippen LogP contribution in [0.3, 0.4) is 0 Å². The zero-order valence-corrected chi connectivity index (χ0v) is 16.3. The van der Waals surface area contributed by atoms with Gasteiger partial charge in [0.1, 0.15) is 5.82 Å². The topological polar surface area (TPSA) is 71.3 Å². The Balaban J connectivity index is 1.36. The van der Waals surface area contributed by atoms with Crippen LogP contribution >= 0.6 is 0 Å². The molecule has 2 fully saturated rings. The Morgan fingerprint density at radius 3 is 2.75 bits per heavy atom. The van der Waals surface area contributed by atoms with Crippen molar-refractivity contribution in [2.75, 3.05) is 26.2 Å². The van der Waals surface area contributed by atoms with Crippen LogP contribution < -0.4 is 0 Å². The van der Waals surface area contributed by atoms with Crippen molar-refractivity contribution in [1.82, 2.24) is 24.3 Å². The number of imidazole rings is 1. The van der Waals surface area contributed by atoms with Crippen LogP contribution in [0.2, 0.25) is 0 Å². The van der Waals surface area contributed by atoms with Crippen LogP contribution in [0.25, 0.3) is 0 Å². The summed E-state index contributed by atoms with van der Waals surface area (Å²) in [5, 5.41) is 0. The summed E-state index contributed by atoms with van der Waals surface area (Å²) in [5.41, 5.74) is 1.15. The van der Waals surface area contributed by atoms with Gasteiger partial charge in [-0.3, -0.25) is 14.6 Å². The Morgan fingerprint density at radius 2 is 2.07 bits per heavy atom. The molecule has 0 aromatic carbocycles. The van der Waals surface area contributed by atoms with E-state index in [0.29, 0.717) is 25.4 Å². The van der Waals surface area contributed by atoms with Gasteiger partial charge in [0, 0.05) is 63.3 Å². The third kappa shape index (κ3) is 3.79. The number of likely N-dealkylation sites (tertiary alicyclic amines) is 2. The van der Waals surface area contributed by atoms with Gasteiger partial charge in [-0.1, -0.05) is 6.07 Å². The molecule has 0 saturated carbocycles. The van der Waals surface area contributed by atoms with Gasteiger partial charge in [-0.15, -0.1) is 0 Å². The van der Waals surface area contributed by atoms with Crippen molar-refractivity contribution in [3.63, 3.8) is 0 Å². The fraction of sp³-hybridized carbons (Fsp3) is 0.524. The number of nitrogens with zero attached hydrogens (tertiary/aromatic N) is 5. The zero-order valence-electron chi connectivity index (χ0n) is 16.3. The van der Waals surface area contributed by atoms with Crippen LogP contribution in [0.15, 0.2) is 36.9 Å². The van der Waals surface area contributed by atoms with E-state index in [1.54, 1.807) is 11.1 Å². The van der Waals surface area contributed by atoms with Gasteiger partial charge in [-0.05, 0) is 31.4 Å². The number of rotatable bonds is 5. The van der Waals surface area contributed by atoms with E-state index in [2.05, 4.69) is 20.6 Å². The molecular formula is C21H27N5O2. The molecule has 4 heterocycles. The summed E-state index contributed by atoms with van der Waals surface area (Å²) in [6.07, 6.45) is 9.72. The SMILES string of the molecule is CCN1C[C@H](C(=O)N2CCC(c3nccn3Cc3cccnc3)CC2)CC1=O. The highest BCUT2D eigenvalue weighted by molar-refractivity contribution is 5.89. The molecule has 0 aliphatic carbocycles. The Hall–Kier alpha value is -2.70. The number of hydrogen-bond donors (Lipinski definition) is 0. The second kappa shape index (κ2) is 8.12. The van der Waals surface area contributed by atoms with Gasteiger partial charge in [-0.2, -0.15) is 0 Å². The summed E-state index contributed by atoms with van der Waals surface area (Å²) in [4.78, 5) is 37.3. The maximum atomic E-state index is 12.8. The van der Waals surface area contributed by atoms with Gasteiger partial charge in [0.05, 0.1) is 12.5 Å². The van der Waals surface area contributed by atoms with Gasteiger partial charge in [0.15, 0.2) is 0 Å². The van der Waals surface area contributed by atoms with Crippen molar-refractivity contribution in [3.05, 3.63) is 48.3 Å². The van der Waals surface area contributed by atoms with Gasteiger partial charge in [0.25, 0.3) is 0 Å². The Labute approximate surface area is 165 Å².